The average Bonchev–Trinajstić information content (AvgIpc) is 2.88. The van der Waals surface area contributed by atoms with Crippen molar-refractivity contribution in [3.8, 4) is 5.75 Å². The quantitative estimate of drug-likeness (QED) is 0.783. The topological polar surface area (TPSA) is 59.7 Å². The zero-order valence-electron chi connectivity index (χ0n) is 10.6. The Hall–Kier alpha value is -2.75. The van der Waals surface area contributed by atoms with Crippen molar-refractivity contribution >= 4 is 16.9 Å². The maximum absolute atomic E-state index is 10.9. The van der Waals surface area contributed by atoms with Crippen LogP contribution < -0.4 is 4.74 Å². The fraction of sp³-hybridized carbons (Fsp3) is 0.0625. The molecule has 0 fully saturated rings. The third-order valence-corrected chi connectivity index (χ3v) is 2.94. The van der Waals surface area contributed by atoms with Crippen LogP contribution in [0, 0.1) is 0 Å². The van der Waals surface area contributed by atoms with E-state index in [1.165, 1.54) is 6.07 Å². The summed E-state index contributed by atoms with van der Waals surface area (Å²) in [4.78, 5) is 10.9. The van der Waals surface area contributed by atoms with Crippen molar-refractivity contribution in [2.75, 3.05) is 0 Å². The molecule has 0 aliphatic carbocycles. The van der Waals surface area contributed by atoms with Gasteiger partial charge in [-0.2, -0.15) is 0 Å². The van der Waals surface area contributed by atoms with E-state index in [0.717, 1.165) is 11.1 Å². The Kier molecular flexibility index (Phi) is 3.13. The second kappa shape index (κ2) is 5.09. The average molecular weight is 268 g/mol. The minimum absolute atomic E-state index is 0.244. The molecule has 3 aromatic rings. The van der Waals surface area contributed by atoms with Gasteiger partial charge in [0.1, 0.15) is 23.7 Å². The van der Waals surface area contributed by atoms with Crippen molar-refractivity contribution in [2.24, 2.45) is 0 Å². The molecule has 1 N–H and O–H groups in total. The van der Waals surface area contributed by atoms with Crippen LogP contribution in [0.1, 0.15) is 16.1 Å². The normalized spacial score (nSPS) is 10.6. The van der Waals surface area contributed by atoms with Gasteiger partial charge in [-0.25, -0.2) is 4.79 Å². The molecule has 0 aliphatic heterocycles. The van der Waals surface area contributed by atoms with Gasteiger partial charge in [0, 0.05) is 5.39 Å². The Morgan fingerprint density at radius 3 is 2.65 bits per heavy atom. The number of hydrogen-bond acceptors (Lipinski definition) is 3. The standard InChI is InChI=1S/C16H12O4/c17-16(18)11-6-7-15-12(8-11)9-14(20-15)10-19-13-4-2-1-3-5-13/h1-9H,10H2,(H,17,18). The zero-order valence-corrected chi connectivity index (χ0v) is 10.6. The molecule has 0 atom stereocenters. The van der Waals surface area contributed by atoms with Crippen molar-refractivity contribution in [2.45, 2.75) is 6.61 Å². The van der Waals surface area contributed by atoms with E-state index in [9.17, 15) is 4.79 Å². The van der Waals surface area contributed by atoms with Crippen molar-refractivity contribution in [3.63, 3.8) is 0 Å². The fourth-order valence-electron chi connectivity index (χ4n) is 1.97. The molecule has 0 saturated heterocycles. The van der Waals surface area contributed by atoms with Crippen LogP contribution in [0.15, 0.2) is 59.0 Å². The molecule has 3 rings (SSSR count). The first-order valence-electron chi connectivity index (χ1n) is 6.16. The first kappa shape index (κ1) is 12.3. The van der Waals surface area contributed by atoms with Gasteiger partial charge >= 0.3 is 5.97 Å². The highest BCUT2D eigenvalue weighted by molar-refractivity contribution is 5.93. The van der Waals surface area contributed by atoms with E-state index in [-0.39, 0.29) is 5.56 Å². The highest BCUT2D eigenvalue weighted by Gasteiger charge is 2.08. The monoisotopic (exact) mass is 268 g/mol. The lowest BCUT2D eigenvalue weighted by Gasteiger charge is -2.02. The number of carbonyl (C=O) groups is 1. The fourth-order valence-corrected chi connectivity index (χ4v) is 1.97. The van der Waals surface area contributed by atoms with Crippen LogP contribution in [0.5, 0.6) is 5.75 Å². The van der Waals surface area contributed by atoms with Crippen LogP contribution in [0.4, 0.5) is 0 Å². The first-order chi connectivity index (χ1) is 9.72. The van der Waals surface area contributed by atoms with Gasteiger partial charge in [-0.3, -0.25) is 0 Å². The number of benzene rings is 2. The maximum atomic E-state index is 10.9. The number of aromatic carboxylic acids is 1. The molecular formula is C16H12O4. The minimum atomic E-state index is -0.949. The number of hydrogen-bond donors (Lipinski definition) is 1. The zero-order chi connectivity index (χ0) is 13.9. The lowest BCUT2D eigenvalue weighted by atomic mass is 10.1. The summed E-state index contributed by atoms with van der Waals surface area (Å²) in [6.07, 6.45) is 0. The molecule has 0 bridgehead atoms. The lowest BCUT2D eigenvalue weighted by Crippen LogP contribution is -1.94. The molecule has 0 saturated carbocycles. The molecule has 0 unspecified atom stereocenters. The van der Waals surface area contributed by atoms with E-state index in [1.54, 1.807) is 18.2 Å². The molecule has 20 heavy (non-hydrogen) atoms. The summed E-state index contributed by atoms with van der Waals surface area (Å²) in [5.41, 5.74) is 0.899. The van der Waals surface area contributed by atoms with Crippen LogP contribution in [0.25, 0.3) is 11.0 Å². The Morgan fingerprint density at radius 1 is 1.10 bits per heavy atom. The van der Waals surface area contributed by atoms with Gasteiger partial charge in [-0.15, -0.1) is 0 Å². The maximum Gasteiger partial charge on any atom is 0.335 e. The molecule has 0 spiro atoms. The summed E-state index contributed by atoms with van der Waals surface area (Å²) in [5.74, 6) is 0.473. The Bertz CT molecular complexity index is 744. The Labute approximate surface area is 115 Å². The van der Waals surface area contributed by atoms with E-state index >= 15 is 0 Å². The molecule has 4 heteroatoms. The molecule has 1 aromatic heterocycles. The Balaban J connectivity index is 1.80. The lowest BCUT2D eigenvalue weighted by molar-refractivity contribution is 0.0697. The van der Waals surface area contributed by atoms with Gasteiger partial charge in [-0.1, -0.05) is 18.2 Å². The second-order valence-corrected chi connectivity index (χ2v) is 4.37. The van der Waals surface area contributed by atoms with Crippen molar-refractivity contribution in [1.29, 1.82) is 0 Å². The van der Waals surface area contributed by atoms with Crippen molar-refractivity contribution in [3.05, 3.63) is 65.9 Å². The molecule has 0 aliphatic rings. The number of carboxylic acids is 1. The third-order valence-electron chi connectivity index (χ3n) is 2.94. The van der Waals surface area contributed by atoms with Crippen LogP contribution in [-0.2, 0) is 6.61 Å². The predicted octanol–water partition coefficient (Wildman–Crippen LogP) is 3.71. The first-order valence-corrected chi connectivity index (χ1v) is 6.16. The van der Waals surface area contributed by atoms with Gasteiger partial charge in [0.05, 0.1) is 5.56 Å². The van der Waals surface area contributed by atoms with Gasteiger partial charge in [0.25, 0.3) is 0 Å². The summed E-state index contributed by atoms with van der Waals surface area (Å²) in [7, 11) is 0. The molecule has 1 heterocycles. The summed E-state index contributed by atoms with van der Waals surface area (Å²) < 4.78 is 11.2. The summed E-state index contributed by atoms with van der Waals surface area (Å²) in [6.45, 7) is 0.307. The van der Waals surface area contributed by atoms with Crippen LogP contribution >= 0.6 is 0 Å². The van der Waals surface area contributed by atoms with E-state index < -0.39 is 5.97 Å². The predicted molar refractivity (Wildman–Crippen MR) is 73.9 cm³/mol. The molecule has 0 radical (unpaired) electrons. The van der Waals surface area contributed by atoms with E-state index in [1.807, 2.05) is 30.3 Å². The smallest absolute Gasteiger partial charge is 0.335 e. The number of carboxylic acid groups (broad SMARTS) is 1. The largest absolute Gasteiger partial charge is 0.486 e. The van der Waals surface area contributed by atoms with Gasteiger partial charge < -0.3 is 14.3 Å². The number of ether oxygens (including phenoxy) is 1. The van der Waals surface area contributed by atoms with Gasteiger partial charge in [0.2, 0.25) is 0 Å². The second-order valence-electron chi connectivity index (χ2n) is 4.37. The van der Waals surface area contributed by atoms with Crippen LogP contribution in [0.2, 0.25) is 0 Å². The van der Waals surface area contributed by atoms with Crippen LogP contribution in [0.3, 0.4) is 0 Å². The number of rotatable bonds is 4. The van der Waals surface area contributed by atoms with E-state index in [4.69, 9.17) is 14.3 Å². The van der Waals surface area contributed by atoms with Crippen molar-refractivity contribution in [1.82, 2.24) is 0 Å². The minimum Gasteiger partial charge on any atom is -0.486 e. The number of para-hydroxylation sites is 1. The number of furan rings is 1. The highest BCUT2D eigenvalue weighted by atomic mass is 16.5. The van der Waals surface area contributed by atoms with Gasteiger partial charge in [-0.05, 0) is 36.4 Å². The van der Waals surface area contributed by atoms with E-state index in [2.05, 4.69) is 0 Å². The molecule has 0 amide bonds. The third kappa shape index (κ3) is 2.49. The molecular weight excluding hydrogens is 256 g/mol. The summed E-state index contributed by atoms with van der Waals surface area (Å²) >= 11 is 0. The Morgan fingerprint density at radius 2 is 1.90 bits per heavy atom. The summed E-state index contributed by atoms with van der Waals surface area (Å²) in [6, 6.07) is 16.0. The number of fused-ring (bicyclic) bond motifs is 1. The van der Waals surface area contributed by atoms with Gasteiger partial charge in [0.15, 0.2) is 0 Å². The van der Waals surface area contributed by atoms with E-state index in [0.29, 0.717) is 18.0 Å². The molecule has 100 valence electrons. The molecule has 4 nitrogen and oxygen atoms in total. The molecule has 2 aromatic carbocycles. The highest BCUT2D eigenvalue weighted by Crippen LogP contribution is 2.22. The summed E-state index contributed by atoms with van der Waals surface area (Å²) in [5, 5.41) is 9.71. The SMILES string of the molecule is O=C(O)c1ccc2oc(COc3ccccc3)cc2c1. The van der Waals surface area contributed by atoms with Crippen LogP contribution in [-0.4, -0.2) is 11.1 Å². The van der Waals surface area contributed by atoms with Crippen molar-refractivity contribution < 1.29 is 19.1 Å².